The number of pyridine rings is 1. The Kier molecular flexibility index (Phi) is 5.63. The number of rotatable bonds is 5. The van der Waals surface area contributed by atoms with E-state index in [1.54, 1.807) is 12.3 Å². The molecule has 2 amide bonds. The molecule has 0 unspecified atom stereocenters. The number of nitrogens with zero attached hydrogens (tertiary/aromatic N) is 4. The van der Waals surface area contributed by atoms with Crippen molar-refractivity contribution in [3.63, 3.8) is 0 Å². The zero-order valence-corrected chi connectivity index (χ0v) is 17.0. The third-order valence-electron chi connectivity index (χ3n) is 5.10. The molecule has 3 N–H and O–H groups in total. The molecule has 1 aliphatic rings. The highest BCUT2D eigenvalue weighted by Crippen LogP contribution is 2.32. The molecule has 0 saturated carbocycles. The zero-order chi connectivity index (χ0) is 23.0. The Morgan fingerprint density at radius 3 is 2.75 bits per heavy atom. The van der Waals surface area contributed by atoms with E-state index in [-0.39, 0.29) is 24.5 Å². The number of carbonyl (C=O) groups excluding carboxylic acids is 2. The molecular weight excluding hydrogens is 451 g/mol. The molecule has 4 heterocycles. The molecule has 1 fully saturated rings. The van der Waals surface area contributed by atoms with Crippen molar-refractivity contribution in [3.8, 4) is 11.4 Å². The van der Waals surface area contributed by atoms with Gasteiger partial charge in [0.25, 0.3) is 5.91 Å². The minimum atomic E-state index is -4.57. The molecule has 167 valence electrons. The predicted molar refractivity (Wildman–Crippen MR) is 109 cm³/mol. The van der Waals surface area contributed by atoms with Crippen LogP contribution in [0.4, 0.5) is 19.0 Å². The van der Waals surface area contributed by atoms with Crippen LogP contribution in [0.3, 0.4) is 0 Å². The quantitative estimate of drug-likeness (QED) is 0.594. The number of aromatic amines is 1. The topological polar surface area (TPSA) is 128 Å². The first-order valence-corrected chi connectivity index (χ1v) is 9.86. The summed E-state index contributed by atoms with van der Waals surface area (Å²) in [5.41, 5.74) is 8.65. The number of anilines is 1. The number of H-pyrrole nitrogens is 1. The number of carbonyl (C=O) groups is 2. The number of hydrogen-bond donors (Lipinski definition) is 2. The van der Waals surface area contributed by atoms with Crippen LogP contribution >= 0.6 is 11.6 Å². The maximum Gasteiger partial charge on any atom is 0.405 e. The number of amides is 2. The highest BCUT2D eigenvalue weighted by molar-refractivity contribution is 6.31. The summed E-state index contributed by atoms with van der Waals surface area (Å²) in [5.74, 6) is -1.47. The van der Waals surface area contributed by atoms with Gasteiger partial charge in [-0.15, -0.1) is 0 Å². The van der Waals surface area contributed by atoms with Crippen LogP contribution in [0.2, 0.25) is 5.02 Å². The van der Waals surface area contributed by atoms with Crippen LogP contribution in [0, 0.1) is 0 Å². The lowest BCUT2D eigenvalue weighted by Gasteiger charge is -2.29. The average molecular weight is 467 g/mol. The first kappa shape index (κ1) is 21.8. The van der Waals surface area contributed by atoms with Crippen molar-refractivity contribution in [1.82, 2.24) is 31.0 Å². The maximum absolute atomic E-state index is 12.5. The second-order valence-electron chi connectivity index (χ2n) is 7.20. The van der Waals surface area contributed by atoms with Gasteiger partial charge in [0.05, 0.1) is 5.02 Å². The summed E-state index contributed by atoms with van der Waals surface area (Å²) in [6.45, 7) is -1.49. The van der Waals surface area contributed by atoms with Crippen molar-refractivity contribution < 1.29 is 22.8 Å². The molecule has 13 heteroatoms. The summed E-state index contributed by atoms with van der Waals surface area (Å²) in [6.07, 6.45) is 0.167. The number of alkyl halides is 3. The third-order valence-corrected chi connectivity index (χ3v) is 5.30. The highest BCUT2D eigenvalue weighted by Gasteiger charge is 2.42. The summed E-state index contributed by atoms with van der Waals surface area (Å²) in [4.78, 5) is 41.4. The van der Waals surface area contributed by atoms with Gasteiger partial charge in [-0.3, -0.25) is 15.3 Å². The Labute approximate surface area is 184 Å². The molecule has 3 aromatic rings. The number of fused-ring (bicyclic) bond motifs is 1. The van der Waals surface area contributed by atoms with E-state index in [2.05, 4.69) is 19.9 Å². The predicted octanol–water partition coefficient (Wildman–Crippen LogP) is 2.50. The van der Waals surface area contributed by atoms with Gasteiger partial charge in [0.2, 0.25) is 5.91 Å². The summed E-state index contributed by atoms with van der Waals surface area (Å²) in [7, 11) is 0. The average Bonchev–Trinajstić information content (AvgIpc) is 3.36. The summed E-state index contributed by atoms with van der Waals surface area (Å²) in [6, 6.07) is 1.01. The molecule has 32 heavy (non-hydrogen) atoms. The largest absolute Gasteiger partial charge is 0.405 e. The van der Waals surface area contributed by atoms with Gasteiger partial charge in [0, 0.05) is 29.5 Å². The first-order chi connectivity index (χ1) is 15.1. The molecule has 0 aliphatic carbocycles. The fourth-order valence-corrected chi connectivity index (χ4v) is 3.89. The van der Waals surface area contributed by atoms with E-state index in [4.69, 9.17) is 17.3 Å². The lowest BCUT2D eigenvalue weighted by Crippen LogP contribution is -2.50. The van der Waals surface area contributed by atoms with Crippen LogP contribution in [0.25, 0.3) is 22.4 Å². The van der Waals surface area contributed by atoms with Gasteiger partial charge in [-0.25, -0.2) is 15.0 Å². The van der Waals surface area contributed by atoms with Crippen molar-refractivity contribution in [2.24, 2.45) is 0 Å². The Hall–Kier alpha value is -3.41. The fourth-order valence-electron chi connectivity index (χ4n) is 3.74. The monoisotopic (exact) mass is 466 g/mol. The van der Waals surface area contributed by atoms with Crippen molar-refractivity contribution >= 4 is 40.3 Å². The Balaban J connectivity index is 1.70. The van der Waals surface area contributed by atoms with Crippen LogP contribution in [0.1, 0.15) is 12.8 Å². The van der Waals surface area contributed by atoms with Crippen LogP contribution in [0.5, 0.6) is 0 Å². The molecule has 1 aliphatic heterocycles. The van der Waals surface area contributed by atoms with E-state index < -0.39 is 36.6 Å². The number of halogens is 4. The highest BCUT2D eigenvalue weighted by atomic mass is 35.5. The molecule has 2 atom stereocenters. The van der Waals surface area contributed by atoms with Gasteiger partial charge < -0.3 is 15.2 Å². The van der Waals surface area contributed by atoms with Crippen molar-refractivity contribution in [2.45, 2.75) is 31.1 Å². The molecule has 9 nitrogen and oxygen atoms in total. The van der Waals surface area contributed by atoms with E-state index in [0.29, 0.717) is 21.6 Å². The Bertz CT molecular complexity index is 1180. The summed E-state index contributed by atoms with van der Waals surface area (Å²) >= 11 is 6.03. The number of hydrogen-bond acceptors (Lipinski definition) is 6. The Morgan fingerprint density at radius 1 is 1.28 bits per heavy atom. The molecule has 3 aromatic heterocycles. The van der Waals surface area contributed by atoms with Gasteiger partial charge in [-0.1, -0.05) is 11.6 Å². The molecular formula is C19H16ClF3N7O2. The molecule has 4 rings (SSSR count). The molecule has 1 saturated heterocycles. The first-order valence-electron chi connectivity index (χ1n) is 9.48. The molecule has 0 bridgehead atoms. The summed E-state index contributed by atoms with van der Waals surface area (Å²) < 4.78 is 37.6. The number of aromatic nitrogens is 4. The van der Waals surface area contributed by atoms with Crippen LogP contribution in [-0.2, 0) is 9.59 Å². The van der Waals surface area contributed by atoms with Crippen molar-refractivity contribution in [2.75, 3.05) is 11.4 Å². The second kappa shape index (κ2) is 8.26. The van der Waals surface area contributed by atoms with Gasteiger partial charge in [-0.2, -0.15) is 13.2 Å². The lowest BCUT2D eigenvalue weighted by molar-refractivity contribution is -0.139. The third kappa shape index (κ3) is 4.31. The minimum Gasteiger partial charge on any atom is -0.345 e. The second-order valence-corrected chi connectivity index (χ2v) is 7.64. The van der Waals surface area contributed by atoms with Crippen molar-refractivity contribution in [1.29, 1.82) is 0 Å². The zero-order valence-electron chi connectivity index (χ0n) is 16.3. The van der Waals surface area contributed by atoms with Gasteiger partial charge in [-0.05, 0) is 25.0 Å². The normalized spacial score (nSPS) is 18.8. The van der Waals surface area contributed by atoms with E-state index in [0.717, 1.165) is 0 Å². The van der Waals surface area contributed by atoms with E-state index in [1.807, 2.05) is 5.32 Å². The van der Waals surface area contributed by atoms with E-state index >= 15 is 0 Å². The van der Waals surface area contributed by atoms with Crippen LogP contribution < -0.4 is 16.0 Å². The fraction of sp³-hybridized carbons (Fsp3) is 0.316. The van der Waals surface area contributed by atoms with E-state index in [1.165, 1.54) is 23.4 Å². The van der Waals surface area contributed by atoms with Gasteiger partial charge >= 0.3 is 6.18 Å². The number of nitrogens with one attached hydrogen (secondary N) is 3. The summed E-state index contributed by atoms with van der Waals surface area (Å²) in [5, 5.41) is 2.89. The van der Waals surface area contributed by atoms with Crippen LogP contribution in [0.15, 0.2) is 30.7 Å². The van der Waals surface area contributed by atoms with Gasteiger partial charge in [0.15, 0.2) is 5.82 Å². The standard InChI is InChI=1S/C19H16ClF3N7O2/c20-9-5-10-11(7-27-16(10)26-6-9)17-25-4-3-14(29-17)30-12(15(24)31)1-2-13(30)18(32)28-8-19(21,22)23/h3-7,12-13,24H,1-2,8H2,(H,26,27)(H,28,32)/t12-,13+/m0/s1. The maximum atomic E-state index is 12.5. The van der Waals surface area contributed by atoms with Gasteiger partial charge in [0.1, 0.15) is 30.1 Å². The molecule has 0 aromatic carbocycles. The molecule has 1 radical (unpaired) electrons. The van der Waals surface area contributed by atoms with Crippen molar-refractivity contribution in [3.05, 3.63) is 35.7 Å². The Morgan fingerprint density at radius 2 is 2.03 bits per heavy atom. The SMILES string of the molecule is [NH]C(=O)[C@@H]1CC[C@H](C(=O)NCC(F)(F)F)N1c1ccnc(-c2c[nH]c3ncc(Cl)cc23)n1. The minimum absolute atomic E-state index is 0.102. The molecule has 0 spiro atoms. The van der Waals surface area contributed by atoms with E-state index in [9.17, 15) is 22.8 Å². The lowest BCUT2D eigenvalue weighted by atomic mass is 10.2. The smallest absolute Gasteiger partial charge is 0.345 e. The van der Waals surface area contributed by atoms with Crippen LogP contribution in [-0.4, -0.2) is 56.6 Å².